The van der Waals surface area contributed by atoms with E-state index >= 15 is 0 Å². The van der Waals surface area contributed by atoms with Gasteiger partial charge in [-0.1, -0.05) is 0 Å². The SMILES string of the molecule is Cc1n[nH]c(C)c1S(=O)(=O)N1CCC2(CNC(=O)C2)C1. The quantitative estimate of drug-likeness (QED) is 0.799. The van der Waals surface area contributed by atoms with E-state index in [-0.39, 0.29) is 16.2 Å². The van der Waals surface area contributed by atoms with Gasteiger partial charge in [-0.25, -0.2) is 8.42 Å². The van der Waals surface area contributed by atoms with Crippen molar-refractivity contribution in [2.75, 3.05) is 19.6 Å². The van der Waals surface area contributed by atoms with Gasteiger partial charge in [0.2, 0.25) is 15.9 Å². The van der Waals surface area contributed by atoms with E-state index in [1.54, 1.807) is 13.8 Å². The van der Waals surface area contributed by atoms with Crippen molar-refractivity contribution in [1.29, 1.82) is 0 Å². The van der Waals surface area contributed by atoms with Gasteiger partial charge in [-0.3, -0.25) is 9.89 Å². The highest BCUT2D eigenvalue weighted by Gasteiger charge is 2.47. The van der Waals surface area contributed by atoms with Gasteiger partial charge in [0, 0.05) is 31.5 Å². The van der Waals surface area contributed by atoms with Gasteiger partial charge in [0.1, 0.15) is 4.90 Å². The van der Waals surface area contributed by atoms with Crippen LogP contribution in [0.15, 0.2) is 4.90 Å². The molecule has 0 aromatic carbocycles. The topological polar surface area (TPSA) is 95.2 Å². The smallest absolute Gasteiger partial charge is 0.246 e. The average molecular weight is 298 g/mol. The summed E-state index contributed by atoms with van der Waals surface area (Å²) >= 11 is 0. The Morgan fingerprint density at radius 2 is 2.10 bits per heavy atom. The zero-order chi connectivity index (χ0) is 14.5. The molecule has 2 fully saturated rings. The molecule has 7 nitrogen and oxygen atoms in total. The van der Waals surface area contributed by atoms with Crippen LogP contribution in [0.4, 0.5) is 0 Å². The molecular formula is C12H18N4O3S. The van der Waals surface area contributed by atoms with Gasteiger partial charge in [-0.15, -0.1) is 0 Å². The Morgan fingerprint density at radius 3 is 2.65 bits per heavy atom. The first-order chi connectivity index (χ1) is 9.34. The maximum Gasteiger partial charge on any atom is 0.246 e. The van der Waals surface area contributed by atoms with Crippen LogP contribution in [-0.4, -0.2) is 48.5 Å². The monoisotopic (exact) mass is 298 g/mol. The molecule has 3 heterocycles. The Balaban J connectivity index is 1.89. The maximum absolute atomic E-state index is 12.7. The second kappa shape index (κ2) is 4.29. The molecule has 0 aliphatic carbocycles. The second-order valence-electron chi connectivity index (χ2n) is 5.81. The molecule has 1 amide bonds. The Morgan fingerprint density at radius 1 is 1.35 bits per heavy atom. The third kappa shape index (κ3) is 1.94. The summed E-state index contributed by atoms with van der Waals surface area (Å²) in [5.41, 5.74) is 0.823. The zero-order valence-electron chi connectivity index (χ0n) is 11.6. The number of hydrogen-bond acceptors (Lipinski definition) is 4. The Bertz CT molecular complexity index is 647. The summed E-state index contributed by atoms with van der Waals surface area (Å²) in [6.45, 7) is 4.82. The molecule has 1 aromatic heterocycles. The fourth-order valence-corrected chi connectivity index (χ4v) is 5.07. The van der Waals surface area contributed by atoms with Crippen molar-refractivity contribution in [2.24, 2.45) is 5.41 Å². The van der Waals surface area contributed by atoms with Crippen molar-refractivity contribution >= 4 is 15.9 Å². The summed E-state index contributed by atoms with van der Waals surface area (Å²) in [4.78, 5) is 11.7. The zero-order valence-corrected chi connectivity index (χ0v) is 12.4. The minimum absolute atomic E-state index is 0.0138. The molecule has 110 valence electrons. The van der Waals surface area contributed by atoms with Crippen molar-refractivity contribution < 1.29 is 13.2 Å². The number of aromatic amines is 1. The standard InChI is InChI=1S/C12H18N4O3S/c1-8-11(9(2)15-14-8)20(18,19)16-4-3-12(7-16)5-10(17)13-6-12/h3-7H2,1-2H3,(H,13,17)(H,14,15). The van der Waals surface area contributed by atoms with Crippen molar-refractivity contribution in [2.45, 2.75) is 31.6 Å². The van der Waals surface area contributed by atoms with Crippen LogP contribution < -0.4 is 5.32 Å². The van der Waals surface area contributed by atoms with E-state index in [0.717, 1.165) is 6.42 Å². The van der Waals surface area contributed by atoms with Gasteiger partial charge in [0.05, 0.1) is 11.4 Å². The molecule has 2 aliphatic rings. The number of hydrogen-bond donors (Lipinski definition) is 2. The largest absolute Gasteiger partial charge is 0.355 e. The summed E-state index contributed by atoms with van der Waals surface area (Å²) in [5, 5.41) is 9.47. The van der Waals surface area contributed by atoms with Crippen molar-refractivity contribution in [3.8, 4) is 0 Å². The Labute approximate surface area is 117 Å². The highest BCUT2D eigenvalue weighted by Crippen LogP contribution is 2.39. The van der Waals surface area contributed by atoms with E-state index in [4.69, 9.17) is 0 Å². The molecular weight excluding hydrogens is 280 g/mol. The summed E-state index contributed by atoms with van der Waals surface area (Å²) in [5.74, 6) is 0.0138. The first-order valence-electron chi connectivity index (χ1n) is 6.63. The molecule has 1 aromatic rings. The molecule has 1 unspecified atom stereocenters. The summed E-state index contributed by atoms with van der Waals surface area (Å²) < 4.78 is 26.9. The number of nitrogens with zero attached hydrogens (tertiary/aromatic N) is 2. The van der Waals surface area contributed by atoms with Crippen LogP contribution in [0.1, 0.15) is 24.2 Å². The van der Waals surface area contributed by atoms with E-state index in [1.165, 1.54) is 4.31 Å². The van der Waals surface area contributed by atoms with E-state index in [1.807, 2.05) is 0 Å². The van der Waals surface area contributed by atoms with E-state index in [0.29, 0.717) is 37.4 Å². The summed E-state index contributed by atoms with van der Waals surface area (Å²) in [6, 6.07) is 0. The first-order valence-corrected chi connectivity index (χ1v) is 8.07. The van der Waals surface area contributed by atoms with Crippen LogP contribution in [0.5, 0.6) is 0 Å². The highest BCUT2D eigenvalue weighted by atomic mass is 32.2. The van der Waals surface area contributed by atoms with Crippen molar-refractivity contribution in [3.63, 3.8) is 0 Å². The fraction of sp³-hybridized carbons (Fsp3) is 0.667. The maximum atomic E-state index is 12.7. The van der Waals surface area contributed by atoms with Crippen molar-refractivity contribution in [3.05, 3.63) is 11.4 Å². The van der Waals surface area contributed by atoms with Gasteiger partial charge < -0.3 is 5.32 Å². The molecule has 20 heavy (non-hydrogen) atoms. The number of nitrogens with one attached hydrogen (secondary N) is 2. The number of rotatable bonds is 2. The molecule has 2 N–H and O–H groups in total. The van der Waals surface area contributed by atoms with Gasteiger partial charge in [-0.2, -0.15) is 9.40 Å². The second-order valence-corrected chi connectivity index (χ2v) is 7.68. The minimum Gasteiger partial charge on any atom is -0.355 e. The lowest BCUT2D eigenvalue weighted by atomic mass is 9.86. The molecule has 2 aliphatic heterocycles. The van der Waals surface area contributed by atoms with Crippen LogP contribution in [0.3, 0.4) is 0 Å². The normalized spacial score (nSPS) is 27.4. The first kappa shape index (κ1) is 13.6. The van der Waals surface area contributed by atoms with Crippen LogP contribution in [0, 0.1) is 19.3 Å². The van der Waals surface area contributed by atoms with Gasteiger partial charge in [0.15, 0.2) is 0 Å². The Hall–Kier alpha value is -1.41. The predicted molar refractivity (Wildman–Crippen MR) is 71.5 cm³/mol. The molecule has 3 rings (SSSR count). The number of amides is 1. The third-order valence-corrected chi connectivity index (χ3v) is 6.37. The number of carbonyl (C=O) groups is 1. The number of sulfonamides is 1. The lowest BCUT2D eigenvalue weighted by Crippen LogP contribution is -2.33. The molecule has 1 atom stereocenters. The number of aryl methyl sites for hydroxylation is 2. The minimum atomic E-state index is -3.54. The van der Waals surface area contributed by atoms with Gasteiger partial charge in [0.25, 0.3) is 0 Å². The van der Waals surface area contributed by atoms with Crippen LogP contribution in [0.25, 0.3) is 0 Å². The molecule has 1 spiro atoms. The molecule has 8 heteroatoms. The third-order valence-electron chi connectivity index (χ3n) is 4.26. The summed E-state index contributed by atoms with van der Waals surface area (Å²) in [7, 11) is -3.54. The molecule has 0 radical (unpaired) electrons. The predicted octanol–water partition coefficient (Wildman–Crippen LogP) is -0.0728. The number of aromatic nitrogens is 2. The van der Waals surface area contributed by atoms with Crippen LogP contribution in [0.2, 0.25) is 0 Å². The van der Waals surface area contributed by atoms with Gasteiger partial charge in [-0.05, 0) is 20.3 Å². The van der Waals surface area contributed by atoms with E-state index in [9.17, 15) is 13.2 Å². The number of carbonyl (C=O) groups excluding carboxylic acids is 1. The fourth-order valence-electron chi connectivity index (χ4n) is 3.19. The van der Waals surface area contributed by atoms with Gasteiger partial charge >= 0.3 is 0 Å². The highest BCUT2D eigenvalue weighted by molar-refractivity contribution is 7.89. The van der Waals surface area contributed by atoms with Crippen LogP contribution >= 0.6 is 0 Å². The average Bonchev–Trinajstić information content (AvgIpc) is 3.03. The van der Waals surface area contributed by atoms with Crippen molar-refractivity contribution in [1.82, 2.24) is 19.8 Å². The molecule has 0 bridgehead atoms. The molecule has 2 saturated heterocycles. The van der Waals surface area contributed by atoms with Crippen LogP contribution in [-0.2, 0) is 14.8 Å². The summed E-state index contributed by atoms with van der Waals surface area (Å²) in [6.07, 6.45) is 1.14. The van der Waals surface area contributed by atoms with E-state index in [2.05, 4.69) is 15.5 Å². The lowest BCUT2D eigenvalue weighted by Gasteiger charge is -2.21. The Kier molecular flexibility index (Phi) is 2.91. The number of H-pyrrole nitrogens is 1. The van der Waals surface area contributed by atoms with E-state index < -0.39 is 10.0 Å². The lowest BCUT2D eigenvalue weighted by molar-refractivity contribution is -0.119. The molecule has 0 saturated carbocycles.